The molecule has 2 saturated heterocycles. The molecule has 0 radical (unpaired) electrons. The van der Waals surface area contributed by atoms with Gasteiger partial charge in [-0.3, -0.25) is 0 Å². The molecule has 2 aliphatic heterocycles. The van der Waals surface area contributed by atoms with E-state index in [9.17, 15) is 9.59 Å². The van der Waals surface area contributed by atoms with E-state index in [0.717, 1.165) is 19.4 Å². The number of fused-ring (bicyclic) bond motifs is 1. The number of ether oxygens (including phenoxy) is 1. The molecule has 0 saturated carbocycles. The summed E-state index contributed by atoms with van der Waals surface area (Å²) in [5.41, 5.74) is 0. The molecule has 3 rings (SSSR count). The molecule has 0 aliphatic carbocycles. The fourth-order valence-corrected chi connectivity index (χ4v) is 6.44. The first-order chi connectivity index (χ1) is 10.7. The van der Waals surface area contributed by atoms with Crippen LogP contribution in [0.25, 0.3) is 0 Å². The Morgan fingerprint density at radius 2 is 2.14 bits per heavy atom. The van der Waals surface area contributed by atoms with Crippen LogP contribution < -0.4 is 4.46 Å². The molecule has 2 fully saturated rings. The Bertz CT molecular complexity index is 548. The van der Waals surface area contributed by atoms with Crippen LogP contribution in [-0.4, -0.2) is 50.9 Å². The summed E-state index contributed by atoms with van der Waals surface area (Å²) >= 11 is 0.173. The van der Waals surface area contributed by atoms with Gasteiger partial charge in [-0.05, 0) is 0 Å². The molecule has 0 aromatic heterocycles. The fraction of sp³-hybridized carbons (Fsp3) is 0.529. The molecule has 0 bridgehead atoms. The monoisotopic (exact) mass is 367 g/mol. The summed E-state index contributed by atoms with van der Waals surface area (Å²) < 4.78 is 6.53. The van der Waals surface area contributed by atoms with Gasteiger partial charge < -0.3 is 0 Å². The zero-order chi connectivity index (χ0) is 15.5. The predicted molar refractivity (Wildman–Crippen MR) is 85.1 cm³/mol. The number of nitrogens with zero attached hydrogens (tertiary/aromatic N) is 1. The molecule has 0 spiro atoms. The molecular weight excluding hydrogens is 345 g/mol. The second kappa shape index (κ2) is 6.84. The van der Waals surface area contributed by atoms with Crippen molar-refractivity contribution in [3.63, 3.8) is 0 Å². The third-order valence-electron chi connectivity index (χ3n) is 4.39. The van der Waals surface area contributed by atoms with Gasteiger partial charge in [-0.1, -0.05) is 0 Å². The van der Waals surface area contributed by atoms with Crippen molar-refractivity contribution < 1.29 is 14.3 Å². The molecule has 3 atom stereocenters. The van der Waals surface area contributed by atoms with E-state index in [4.69, 9.17) is 4.74 Å². The molecule has 2 heterocycles. The summed E-state index contributed by atoms with van der Waals surface area (Å²) in [4.78, 5) is 26.9. The van der Waals surface area contributed by atoms with Gasteiger partial charge in [0.25, 0.3) is 0 Å². The number of amides is 1. The number of piperidine rings is 1. The topological polar surface area (TPSA) is 46.6 Å². The van der Waals surface area contributed by atoms with Gasteiger partial charge in [0.2, 0.25) is 0 Å². The van der Waals surface area contributed by atoms with E-state index in [0.29, 0.717) is 13.0 Å². The van der Waals surface area contributed by atoms with Gasteiger partial charge in [-0.2, -0.15) is 0 Å². The van der Waals surface area contributed by atoms with Crippen molar-refractivity contribution in [1.29, 1.82) is 0 Å². The Morgan fingerprint density at radius 3 is 2.86 bits per heavy atom. The second-order valence-electron chi connectivity index (χ2n) is 5.75. The first kappa shape index (κ1) is 15.6. The summed E-state index contributed by atoms with van der Waals surface area (Å²) in [5.74, 6) is -0.335. The summed E-state index contributed by atoms with van der Waals surface area (Å²) in [6.07, 6.45) is 2.38. The summed E-state index contributed by atoms with van der Waals surface area (Å²) in [7, 11) is 0. The van der Waals surface area contributed by atoms with Crippen molar-refractivity contribution in [2.24, 2.45) is 5.92 Å². The van der Waals surface area contributed by atoms with E-state index in [-0.39, 0.29) is 43.6 Å². The first-order valence-corrected chi connectivity index (χ1v) is 9.73. The molecule has 5 heteroatoms. The van der Waals surface area contributed by atoms with Crippen LogP contribution in [0.5, 0.6) is 0 Å². The number of esters is 1. The minimum absolute atomic E-state index is 0.126. The number of carbonyl (C=O) groups is 2. The molecule has 118 valence electrons. The van der Waals surface area contributed by atoms with E-state index in [1.54, 1.807) is 0 Å². The van der Waals surface area contributed by atoms with Gasteiger partial charge in [0, 0.05) is 0 Å². The maximum atomic E-state index is 12.3. The molecule has 1 aromatic rings. The first-order valence-electron chi connectivity index (χ1n) is 7.88. The number of benzene rings is 1. The van der Waals surface area contributed by atoms with E-state index < -0.39 is 0 Å². The third kappa shape index (κ3) is 3.06. The van der Waals surface area contributed by atoms with Crippen molar-refractivity contribution in [1.82, 2.24) is 4.90 Å². The molecule has 2 aliphatic rings. The van der Waals surface area contributed by atoms with Crippen molar-refractivity contribution in [2.75, 3.05) is 13.2 Å². The number of rotatable bonds is 4. The van der Waals surface area contributed by atoms with Gasteiger partial charge in [-0.25, -0.2) is 0 Å². The second-order valence-corrected chi connectivity index (χ2v) is 8.38. The molecule has 22 heavy (non-hydrogen) atoms. The summed E-state index contributed by atoms with van der Waals surface area (Å²) in [5, 5.41) is 0. The van der Waals surface area contributed by atoms with E-state index in [1.165, 1.54) is 4.46 Å². The fourth-order valence-electron chi connectivity index (χ4n) is 3.42. The van der Waals surface area contributed by atoms with Crippen molar-refractivity contribution in [3.8, 4) is 0 Å². The quantitative estimate of drug-likeness (QED) is 0.598. The number of hydrogen-bond acceptors (Lipinski definition) is 3. The van der Waals surface area contributed by atoms with Gasteiger partial charge in [0.1, 0.15) is 0 Å². The zero-order valence-electron chi connectivity index (χ0n) is 12.7. The van der Waals surface area contributed by atoms with E-state index >= 15 is 0 Å². The average Bonchev–Trinajstić information content (AvgIpc) is 3.01. The molecule has 1 aromatic carbocycles. The van der Waals surface area contributed by atoms with Crippen LogP contribution in [0.3, 0.4) is 0 Å². The number of hydrogen-bond donors (Lipinski definition) is 0. The van der Waals surface area contributed by atoms with Gasteiger partial charge >= 0.3 is 137 Å². The van der Waals surface area contributed by atoms with Crippen LogP contribution in [0.1, 0.15) is 26.2 Å². The molecule has 1 amide bonds. The van der Waals surface area contributed by atoms with E-state index in [1.807, 2.05) is 30.0 Å². The predicted octanol–water partition coefficient (Wildman–Crippen LogP) is 1.38. The Kier molecular flexibility index (Phi) is 4.84. The SMILES string of the molecule is CCOC(=O)[C@H]1CC(=O)N2CCC[C@H]2[C@@H]1[Se]c1ccccc1. The summed E-state index contributed by atoms with van der Waals surface area (Å²) in [6, 6.07) is 10.5. The van der Waals surface area contributed by atoms with E-state index in [2.05, 4.69) is 12.1 Å². The maximum absolute atomic E-state index is 12.3. The van der Waals surface area contributed by atoms with Gasteiger partial charge in [0.15, 0.2) is 0 Å². The molecule has 4 nitrogen and oxygen atoms in total. The average molecular weight is 366 g/mol. The van der Waals surface area contributed by atoms with Crippen molar-refractivity contribution >= 4 is 31.3 Å². The van der Waals surface area contributed by atoms with Crippen LogP contribution in [0.2, 0.25) is 4.82 Å². The zero-order valence-corrected chi connectivity index (χ0v) is 14.4. The molecular formula is C17H21NO3Se. The van der Waals surface area contributed by atoms with Crippen LogP contribution in [-0.2, 0) is 14.3 Å². The Balaban J connectivity index is 1.85. The van der Waals surface area contributed by atoms with Crippen LogP contribution in [0, 0.1) is 5.92 Å². The Morgan fingerprint density at radius 1 is 1.36 bits per heavy atom. The Hall–Kier alpha value is -1.32. The van der Waals surface area contributed by atoms with Crippen LogP contribution in [0.4, 0.5) is 0 Å². The van der Waals surface area contributed by atoms with Crippen LogP contribution in [0.15, 0.2) is 30.3 Å². The number of carbonyl (C=O) groups excluding carboxylic acids is 2. The van der Waals surface area contributed by atoms with Crippen molar-refractivity contribution in [2.45, 2.75) is 37.0 Å². The van der Waals surface area contributed by atoms with Gasteiger partial charge in [0.05, 0.1) is 0 Å². The van der Waals surface area contributed by atoms with Gasteiger partial charge in [-0.15, -0.1) is 0 Å². The molecule has 0 N–H and O–H groups in total. The van der Waals surface area contributed by atoms with Crippen molar-refractivity contribution in [3.05, 3.63) is 30.3 Å². The summed E-state index contributed by atoms with van der Waals surface area (Å²) in [6.45, 7) is 3.05. The normalized spacial score (nSPS) is 27.6. The Labute approximate surface area is 137 Å². The third-order valence-corrected chi connectivity index (χ3v) is 7.46. The molecule has 0 unspecified atom stereocenters. The minimum atomic E-state index is -0.271. The standard InChI is InChI=1S/C17H21NO3Se/c1-2-21-17(20)13-11-15(19)18-10-6-9-14(18)16(13)22-12-7-4-3-5-8-12/h3-5,7-8,13-14,16H,2,6,9-11H2,1H3/t13-,14-,16+/m0/s1. The van der Waals surface area contributed by atoms with Crippen LogP contribution >= 0.6 is 0 Å².